The molecule has 0 spiro atoms. The van der Waals surface area contributed by atoms with Crippen LogP contribution in [0.2, 0.25) is 0 Å². The minimum absolute atomic E-state index is 0.00328. The zero-order chi connectivity index (χ0) is 22.4. The number of aliphatic hydroxyl groups is 4. The lowest BCUT2D eigenvalue weighted by atomic mass is 9.89. The molecule has 1 saturated heterocycles. The molecule has 5 atom stereocenters. The van der Waals surface area contributed by atoms with Crippen molar-refractivity contribution in [3.8, 4) is 28.6 Å². The van der Waals surface area contributed by atoms with Crippen LogP contribution in [0.25, 0.3) is 22.3 Å². The smallest absolute Gasteiger partial charge is 0.193 e. The predicted molar refractivity (Wildman–Crippen MR) is 106 cm³/mol. The zero-order valence-electron chi connectivity index (χ0n) is 15.9. The van der Waals surface area contributed by atoms with E-state index in [4.69, 9.17) is 9.15 Å². The molecule has 0 saturated carbocycles. The maximum Gasteiger partial charge on any atom is 0.193 e. The molecule has 1 aliphatic heterocycles. The van der Waals surface area contributed by atoms with Crippen LogP contribution < -0.4 is 5.43 Å². The number of ether oxygens (including phenoxy) is 1. The van der Waals surface area contributed by atoms with Crippen LogP contribution in [0.3, 0.4) is 0 Å². The van der Waals surface area contributed by atoms with Gasteiger partial charge < -0.3 is 44.9 Å². The van der Waals surface area contributed by atoms with Gasteiger partial charge in [0.2, 0.25) is 0 Å². The Hall–Kier alpha value is -3.15. The van der Waals surface area contributed by atoms with E-state index < -0.39 is 54.1 Å². The van der Waals surface area contributed by atoms with Gasteiger partial charge in [0, 0.05) is 11.6 Å². The van der Waals surface area contributed by atoms with Gasteiger partial charge in [-0.2, -0.15) is 0 Å². The minimum atomic E-state index is -1.78. The zero-order valence-corrected chi connectivity index (χ0v) is 15.9. The van der Waals surface area contributed by atoms with E-state index in [0.29, 0.717) is 5.56 Å². The van der Waals surface area contributed by atoms with Crippen LogP contribution in [-0.4, -0.2) is 66.8 Å². The number of rotatable bonds is 3. The lowest BCUT2D eigenvalue weighted by Crippen LogP contribution is -2.55. The second-order valence-electron chi connectivity index (χ2n) is 7.31. The first-order chi connectivity index (χ1) is 14.7. The normalized spacial score (nSPS) is 26.3. The molecular formula is C21H20O10. The third kappa shape index (κ3) is 3.50. The van der Waals surface area contributed by atoms with Gasteiger partial charge >= 0.3 is 0 Å². The molecule has 4 rings (SSSR count). The third-order valence-corrected chi connectivity index (χ3v) is 5.34. The Morgan fingerprint density at radius 3 is 2.23 bits per heavy atom. The summed E-state index contributed by atoms with van der Waals surface area (Å²) in [7, 11) is 0. The molecule has 7 N–H and O–H groups in total. The Kier molecular flexibility index (Phi) is 5.33. The topological polar surface area (TPSA) is 181 Å². The first-order valence-electron chi connectivity index (χ1n) is 9.35. The summed E-state index contributed by atoms with van der Waals surface area (Å²) in [4.78, 5) is 12.7. The van der Waals surface area contributed by atoms with E-state index >= 15 is 0 Å². The number of hydrogen-bond acceptors (Lipinski definition) is 10. The summed E-state index contributed by atoms with van der Waals surface area (Å²) in [6, 6.07) is 7.89. The second kappa shape index (κ2) is 7.84. The maximum atomic E-state index is 12.7. The van der Waals surface area contributed by atoms with Crippen molar-refractivity contribution in [3.63, 3.8) is 0 Å². The van der Waals surface area contributed by atoms with Gasteiger partial charge in [-0.05, 0) is 30.3 Å². The van der Waals surface area contributed by atoms with Crippen molar-refractivity contribution in [1.82, 2.24) is 0 Å². The van der Waals surface area contributed by atoms with Gasteiger partial charge in [0.15, 0.2) is 16.9 Å². The second-order valence-corrected chi connectivity index (χ2v) is 7.31. The van der Waals surface area contributed by atoms with Gasteiger partial charge in [0.05, 0.1) is 17.6 Å². The van der Waals surface area contributed by atoms with Crippen molar-refractivity contribution < 1.29 is 44.9 Å². The summed E-state index contributed by atoms with van der Waals surface area (Å²) in [5.41, 5.74) is -0.714. The number of hydrogen-bond donors (Lipinski definition) is 7. The first kappa shape index (κ1) is 21.1. The van der Waals surface area contributed by atoms with Gasteiger partial charge in [-0.3, -0.25) is 4.79 Å². The predicted octanol–water partition coefficient (Wildman–Crippen LogP) is 0.0917. The summed E-state index contributed by atoms with van der Waals surface area (Å²) in [6.07, 6.45) is -8.01. The van der Waals surface area contributed by atoms with Crippen LogP contribution in [0, 0.1) is 0 Å². The van der Waals surface area contributed by atoms with Gasteiger partial charge in [0.25, 0.3) is 0 Å². The highest BCUT2D eigenvalue weighted by Gasteiger charge is 2.46. The molecule has 0 radical (unpaired) electrons. The largest absolute Gasteiger partial charge is 0.508 e. The van der Waals surface area contributed by atoms with Crippen molar-refractivity contribution in [2.45, 2.75) is 30.5 Å². The SMILES string of the molecule is O=c1cc(-c2ccc(O)cc2)oc2c(C3OC(CO)C(O)C(O)C3O)c(O)c(O)cc12. The number of aliphatic hydroxyl groups excluding tert-OH is 4. The molecule has 10 heteroatoms. The Bertz CT molecular complexity index is 1170. The number of fused-ring (bicyclic) bond motifs is 1. The Labute approximate surface area is 174 Å². The van der Waals surface area contributed by atoms with Crippen LogP contribution in [0.4, 0.5) is 0 Å². The summed E-state index contributed by atoms with van der Waals surface area (Å²) in [6.45, 7) is -0.707. The number of benzene rings is 2. The fourth-order valence-corrected chi connectivity index (χ4v) is 3.66. The maximum absolute atomic E-state index is 12.7. The number of phenolic OH excluding ortho intramolecular Hbond substituents is 3. The number of phenols is 3. The van der Waals surface area contributed by atoms with Crippen molar-refractivity contribution in [3.05, 3.63) is 52.2 Å². The summed E-state index contributed by atoms with van der Waals surface area (Å²) in [5, 5.41) is 70.1. The van der Waals surface area contributed by atoms with Crippen molar-refractivity contribution in [1.29, 1.82) is 0 Å². The Morgan fingerprint density at radius 1 is 0.903 bits per heavy atom. The van der Waals surface area contributed by atoms with Gasteiger partial charge in [0.1, 0.15) is 47.6 Å². The quantitative estimate of drug-likeness (QED) is 0.280. The molecule has 10 nitrogen and oxygen atoms in total. The average Bonchev–Trinajstić information content (AvgIpc) is 2.75. The van der Waals surface area contributed by atoms with E-state index in [2.05, 4.69) is 0 Å². The standard InChI is InChI=1S/C21H20O10/c22-7-14-17(27)18(28)19(29)21(31-14)15-16(26)12(25)5-10-11(24)6-13(30-20(10)15)8-1-3-9(23)4-2-8/h1-6,14,17-19,21-23,25-29H,7H2. The Balaban J connectivity index is 1.96. The van der Waals surface area contributed by atoms with Crippen LogP contribution >= 0.6 is 0 Å². The van der Waals surface area contributed by atoms with Crippen molar-refractivity contribution in [2.24, 2.45) is 0 Å². The molecule has 0 aliphatic carbocycles. The molecule has 1 aromatic heterocycles. The van der Waals surface area contributed by atoms with E-state index in [1.165, 1.54) is 24.3 Å². The fourth-order valence-electron chi connectivity index (χ4n) is 3.66. The molecule has 3 aromatic rings. The van der Waals surface area contributed by atoms with E-state index in [1.54, 1.807) is 0 Å². The van der Waals surface area contributed by atoms with Gasteiger partial charge in [-0.15, -0.1) is 0 Å². The molecule has 0 amide bonds. The summed E-state index contributed by atoms with van der Waals surface area (Å²) >= 11 is 0. The van der Waals surface area contributed by atoms with Crippen molar-refractivity contribution >= 4 is 11.0 Å². The molecule has 5 unspecified atom stereocenters. The highest BCUT2D eigenvalue weighted by atomic mass is 16.5. The molecule has 1 aliphatic rings. The molecule has 2 aromatic carbocycles. The number of aromatic hydroxyl groups is 3. The summed E-state index contributed by atoms with van der Waals surface area (Å²) < 4.78 is 11.3. The van der Waals surface area contributed by atoms with E-state index in [9.17, 15) is 40.5 Å². The minimum Gasteiger partial charge on any atom is -0.508 e. The van der Waals surface area contributed by atoms with E-state index in [1.807, 2.05) is 0 Å². The monoisotopic (exact) mass is 432 g/mol. The van der Waals surface area contributed by atoms with Gasteiger partial charge in [-0.25, -0.2) is 0 Å². The lowest BCUT2D eigenvalue weighted by Gasteiger charge is -2.40. The van der Waals surface area contributed by atoms with Gasteiger partial charge in [-0.1, -0.05) is 0 Å². The highest BCUT2D eigenvalue weighted by Crippen LogP contribution is 2.44. The van der Waals surface area contributed by atoms with E-state index in [0.717, 1.165) is 12.1 Å². The average molecular weight is 432 g/mol. The molecule has 31 heavy (non-hydrogen) atoms. The molecule has 2 heterocycles. The molecule has 1 fully saturated rings. The highest BCUT2D eigenvalue weighted by molar-refractivity contribution is 5.86. The molecular weight excluding hydrogens is 412 g/mol. The molecule has 0 bridgehead atoms. The fraction of sp³-hybridized carbons (Fsp3) is 0.286. The van der Waals surface area contributed by atoms with Crippen LogP contribution in [0.5, 0.6) is 17.2 Å². The molecule has 164 valence electrons. The van der Waals surface area contributed by atoms with Crippen LogP contribution in [-0.2, 0) is 4.74 Å². The Morgan fingerprint density at radius 2 is 1.58 bits per heavy atom. The lowest BCUT2D eigenvalue weighted by molar-refractivity contribution is -0.231. The van der Waals surface area contributed by atoms with E-state index in [-0.39, 0.29) is 28.0 Å². The first-order valence-corrected chi connectivity index (χ1v) is 9.35. The van der Waals surface area contributed by atoms with Crippen LogP contribution in [0.15, 0.2) is 45.6 Å². The van der Waals surface area contributed by atoms with Crippen LogP contribution in [0.1, 0.15) is 11.7 Å². The third-order valence-electron chi connectivity index (χ3n) is 5.34. The summed E-state index contributed by atoms with van der Waals surface area (Å²) in [5.74, 6) is -1.39. The van der Waals surface area contributed by atoms with Crippen molar-refractivity contribution in [2.75, 3.05) is 6.61 Å².